The predicted octanol–water partition coefficient (Wildman–Crippen LogP) is 3.57. The zero-order valence-corrected chi connectivity index (χ0v) is 10.3. The molecule has 0 aromatic heterocycles. The van der Waals surface area contributed by atoms with Gasteiger partial charge in [0.15, 0.2) is 0 Å². The monoisotopic (exact) mass is 220 g/mol. The minimum atomic E-state index is 0.243. The molecule has 1 aromatic carbocycles. The van der Waals surface area contributed by atoms with Gasteiger partial charge in [0, 0.05) is 5.41 Å². The van der Waals surface area contributed by atoms with Gasteiger partial charge < -0.3 is 9.47 Å². The Kier molecular flexibility index (Phi) is 3.20. The van der Waals surface area contributed by atoms with E-state index in [2.05, 4.69) is 32.9 Å². The van der Waals surface area contributed by atoms with Crippen molar-refractivity contribution in [1.82, 2.24) is 0 Å². The van der Waals surface area contributed by atoms with Crippen LogP contribution < -0.4 is 4.74 Å². The molecule has 1 unspecified atom stereocenters. The SMILES string of the molecule is CCCOc1ccc(C2OCC2(C)C)cc1. The highest BCUT2D eigenvalue weighted by molar-refractivity contribution is 5.30. The van der Waals surface area contributed by atoms with Gasteiger partial charge in [-0.05, 0) is 24.1 Å². The molecule has 2 heteroatoms. The number of benzene rings is 1. The molecule has 0 amide bonds. The van der Waals surface area contributed by atoms with Crippen molar-refractivity contribution in [3.8, 4) is 5.75 Å². The van der Waals surface area contributed by atoms with Crippen LogP contribution in [0.5, 0.6) is 5.75 Å². The Morgan fingerprint density at radius 3 is 2.44 bits per heavy atom. The molecule has 0 bridgehead atoms. The minimum absolute atomic E-state index is 0.243. The lowest BCUT2D eigenvalue weighted by atomic mass is 9.79. The molecule has 1 aliphatic rings. The first kappa shape index (κ1) is 11.5. The molecule has 88 valence electrons. The zero-order chi connectivity index (χ0) is 11.6. The van der Waals surface area contributed by atoms with Crippen LogP contribution in [0.1, 0.15) is 38.9 Å². The van der Waals surface area contributed by atoms with E-state index in [-0.39, 0.29) is 11.5 Å². The van der Waals surface area contributed by atoms with E-state index in [9.17, 15) is 0 Å². The molecule has 1 atom stereocenters. The second-order valence-electron chi connectivity index (χ2n) is 5.10. The predicted molar refractivity (Wildman–Crippen MR) is 64.7 cm³/mol. The van der Waals surface area contributed by atoms with E-state index in [1.165, 1.54) is 5.56 Å². The van der Waals surface area contributed by atoms with Crippen LogP contribution in [0.25, 0.3) is 0 Å². The van der Waals surface area contributed by atoms with Gasteiger partial charge in [0.05, 0.1) is 19.3 Å². The van der Waals surface area contributed by atoms with Gasteiger partial charge in [0.25, 0.3) is 0 Å². The minimum Gasteiger partial charge on any atom is -0.494 e. The van der Waals surface area contributed by atoms with E-state index in [0.29, 0.717) is 0 Å². The highest BCUT2D eigenvalue weighted by Crippen LogP contribution is 2.45. The molecule has 16 heavy (non-hydrogen) atoms. The molecule has 1 saturated heterocycles. The molecule has 0 saturated carbocycles. The van der Waals surface area contributed by atoms with E-state index in [4.69, 9.17) is 9.47 Å². The number of hydrogen-bond acceptors (Lipinski definition) is 2. The summed E-state index contributed by atoms with van der Waals surface area (Å²) in [7, 11) is 0. The van der Waals surface area contributed by atoms with Gasteiger partial charge in [-0.25, -0.2) is 0 Å². The van der Waals surface area contributed by atoms with Crippen molar-refractivity contribution >= 4 is 0 Å². The summed E-state index contributed by atoms with van der Waals surface area (Å²) in [6, 6.07) is 8.28. The van der Waals surface area contributed by atoms with Gasteiger partial charge >= 0.3 is 0 Å². The summed E-state index contributed by atoms with van der Waals surface area (Å²) in [4.78, 5) is 0. The number of rotatable bonds is 4. The maximum Gasteiger partial charge on any atom is 0.119 e. The molecule has 0 aliphatic carbocycles. The fraction of sp³-hybridized carbons (Fsp3) is 0.571. The Bertz CT molecular complexity index is 340. The van der Waals surface area contributed by atoms with Gasteiger partial charge in [0.1, 0.15) is 5.75 Å². The summed E-state index contributed by atoms with van der Waals surface area (Å²) < 4.78 is 11.2. The van der Waals surface area contributed by atoms with Crippen molar-refractivity contribution in [2.24, 2.45) is 5.41 Å². The summed E-state index contributed by atoms with van der Waals surface area (Å²) in [6.45, 7) is 8.22. The summed E-state index contributed by atoms with van der Waals surface area (Å²) >= 11 is 0. The summed E-state index contributed by atoms with van der Waals surface area (Å²) in [5.41, 5.74) is 1.52. The van der Waals surface area contributed by atoms with Gasteiger partial charge in [-0.15, -0.1) is 0 Å². The Hall–Kier alpha value is -1.02. The van der Waals surface area contributed by atoms with Crippen LogP contribution in [0, 0.1) is 5.41 Å². The fourth-order valence-corrected chi connectivity index (χ4v) is 2.01. The first-order chi connectivity index (χ1) is 7.63. The lowest BCUT2D eigenvalue weighted by Crippen LogP contribution is -2.40. The molecule has 2 rings (SSSR count). The Morgan fingerprint density at radius 2 is 2.00 bits per heavy atom. The third kappa shape index (κ3) is 2.22. The molecule has 0 spiro atoms. The third-order valence-corrected chi connectivity index (χ3v) is 2.99. The van der Waals surface area contributed by atoms with Crippen molar-refractivity contribution in [2.75, 3.05) is 13.2 Å². The Labute approximate surface area is 97.6 Å². The van der Waals surface area contributed by atoms with Gasteiger partial charge in [-0.1, -0.05) is 32.9 Å². The first-order valence-electron chi connectivity index (χ1n) is 5.98. The van der Waals surface area contributed by atoms with E-state index < -0.39 is 0 Å². The summed E-state index contributed by atoms with van der Waals surface area (Å²) in [6.07, 6.45) is 1.29. The average molecular weight is 220 g/mol. The molecule has 1 heterocycles. The Morgan fingerprint density at radius 1 is 1.31 bits per heavy atom. The molecular formula is C14H20O2. The maximum absolute atomic E-state index is 5.61. The smallest absolute Gasteiger partial charge is 0.119 e. The fourth-order valence-electron chi connectivity index (χ4n) is 2.01. The van der Waals surface area contributed by atoms with E-state index in [1.807, 2.05) is 12.1 Å². The molecule has 0 N–H and O–H groups in total. The topological polar surface area (TPSA) is 18.5 Å². The van der Waals surface area contributed by atoms with Crippen LogP contribution in [0.2, 0.25) is 0 Å². The molecule has 1 aromatic rings. The third-order valence-electron chi connectivity index (χ3n) is 2.99. The molecule has 1 aliphatic heterocycles. The van der Waals surface area contributed by atoms with Gasteiger partial charge in [-0.2, -0.15) is 0 Å². The second kappa shape index (κ2) is 4.46. The normalized spacial score (nSPS) is 22.6. The van der Waals surface area contributed by atoms with Crippen molar-refractivity contribution in [1.29, 1.82) is 0 Å². The lowest BCUT2D eigenvalue weighted by Gasteiger charge is -2.44. The van der Waals surface area contributed by atoms with Crippen molar-refractivity contribution in [2.45, 2.75) is 33.3 Å². The highest BCUT2D eigenvalue weighted by Gasteiger charge is 2.40. The Balaban J connectivity index is 2.02. The van der Waals surface area contributed by atoms with E-state index in [1.54, 1.807) is 0 Å². The van der Waals surface area contributed by atoms with Crippen molar-refractivity contribution in [3.05, 3.63) is 29.8 Å². The largest absolute Gasteiger partial charge is 0.494 e. The van der Waals surface area contributed by atoms with Crippen LogP contribution in [-0.4, -0.2) is 13.2 Å². The van der Waals surface area contributed by atoms with Crippen molar-refractivity contribution in [3.63, 3.8) is 0 Å². The number of hydrogen-bond donors (Lipinski definition) is 0. The molecule has 1 fully saturated rings. The summed E-state index contributed by atoms with van der Waals surface area (Å²) in [5, 5.41) is 0. The standard InChI is InChI=1S/C14H20O2/c1-4-9-15-12-7-5-11(6-8-12)13-14(2,3)10-16-13/h5-8,13H,4,9-10H2,1-3H3. The highest BCUT2D eigenvalue weighted by atomic mass is 16.5. The second-order valence-corrected chi connectivity index (χ2v) is 5.10. The molecule has 0 radical (unpaired) electrons. The van der Waals surface area contributed by atoms with Crippen molar-refractivity contribution < 1.29 is 9.47 Å². The van der Waals surface area contributed by atoms with Crippen LogP contribution in [0.15, 0.2) is 24.3 Å². The van der Waals surface area contributed by atoms with Gasteiger partial charge in [-0.3, -0.25) is 0 Å². The summed E-state index contributed by atoms with van der Waals surface area (Å²) in [5.74, 6) is 0.947. The number of ether oxygens (including phenoxy) is 2. The van der Waals surface area contributed by atoms with Gasteiger partial charge in [0.2, 0.25) is 0 Å². The maximum atomic E-state index is 5.61. The quantitative estimate of drug-likeness (QED) is 0.772. The van der Waals surface area contributed by atoms with E-state index >= 15 is 0 Å². The lowest BCUT2D eigenvalue weighted by molar-refractivity contribution is -0.172. The molecular weight excluding hydrogens is 200 g/mol. The average Bonchev–Trinajstić information content (AvgIpc) is 2.27. The zero-order valence-electron chi connectivity index (χ0n) is 10.3. The first-order valence-corrected chi connectivity index (χ1v) is 5.98. The van der Waals surface area contributed by atoms with Crippen LogP contribution in [-0.2, 0) is 4.74 Å². The van der Waals surface area contributed by atoms with Crippen LogP contribution in [0.3, 0.4) is 0 Å². The molecule has 2 nitrogen and oxygen atoms in total. The van der Waals surface area contributed by atoms with Crippen LogP contribution >= 0.6 is 0 Å². The van der Waals surface area contributed by atoms with E-state index in [0.717, 1.165) is 25.4 Å². The van der Waals surface area contributed by atoms with Crippen LogP contribution in [0.4, 0.5) is 0 Å².